The number of halogens is 1. The van der Waals surface area contributed by atoms with E-state index in [4.69, 9.17) is 14.2 Å². The Labute approximate surface area is 214 Å². The van der Waals surface area contributed by atoms with E-state index in [0.717, 1.165) is 59.5 Å². The number of carbonyl (C=O) groups is 2. The van der Waals surface area contributed by atoms with Crippen LogP contribution in [0, 0.1) is 31.1 Å². The van der Waals surface area contributed by atoms with Gasteiger partial charge >= 0.3 is 5.97 Å². The first-order valence-corrected chi connectivity index (χ1v) is 13.4. The van der Waals surface area contributed by atoms with Crippen molar-refractivity contribution in [2.45, 2.75) is 69.7 Å². The third-order valence-corrected chi connectivity index (χ3v) is 9.57. The maximum Gasteiger partial charge on any atom is 0.306 e. The zero-order valence-electron chi connectivity index (χ0n) is 20.4. The van der Waals surface area contributed by atoms with Crippen LogP contribution in [0.3, 0.4) is 0 Å². The van der Waals surface area contributed by atoms with Gasteiger partial charge in [0.1, 0.15) is 0 Å². The highest BCUT2D eigenvalue weighted by Gasteiger charge is 2.57. The van der Waals surface area contributed by atoms with E-state index in [1.807, 2.05) is 38.1 Å². The summed E-state index contributed by atoms with van der Waals surface area (Å²) in [5, 5.41) is 0. The van der Waals surface area contributed by atoms with E-state index >= 15 is 0 Å². The number of benzene rings is 1. The zero-order valence-corrected chi connectivity index (χ0v) is 22.0. The van der Waals surface area contributed by atoms with Gasteiger partial charge in [0.2, 0.25) is 12.6 Å². The van der Waals surface area contributed by atoms with Crippen LogP contribution in [0.2, 0.25) is 0 Å². The van der Waals surface area contributed by atoms with Crippen LogP contribution in [0.4, 0.5) is 0 Å². The van der Waals surface area contributed by atoms with Gasteiger partial charge in [-0.1, -0.05) is 22.0 Å². The van der Waals surface area contributed by atoms with Crippen LogP contribution in [0.15, 0.2) is 24.3 Å². The fourth-order valence-corrected chi connectivity index (χ4v) is 9.18. The number of esters is 1. The maximum absolute atomic E-state index is 13.0. The van der Waals surface area contributed by atoms with Gasteiger partial charge in [0.15, 0.2) is 18.1 Å². The lowest BCUT2D eigenvalue weighted by Gasteiger charge is -2.60. The summed E-state index contributed by atoms with van der Waals surface area (Å²) in [5.41, 5.74) is 3.61. The van der Waals surface area contributed by atoms with Gasteiger partial charge < -0.3 is 18.8 Å². The molecule has 0 spiro atoms. The van der Waals surface area contributed by atoms with Gasteiger partial charge in [-0.3, -0.25) is 9.59 Å². The summed E-state index contributed by atoms with van der Waals surface area (Å²) in [4.78, 5) is 25.9. The lowest BCUT2D eigenvalue weighted by molar-refractivity contribution is -0.149. The molecule has 0 amide bonds. The predicted octanol–water partition coefficient (Wildman–Crippen LogP) is 5.73. The Morgan fingerprint density at radius 1 is 1.09 bits per heavy atom. The monoisotopic (exact) mass is 541 g/mol. The van der Waals surface area contributed by atoms with Crippen LogP contribution in [-0.4, -0.2) is 34.0 Å². The third-order valence-electron chi connectivity index (χ3n) is 8.65. The van der Waals surface area contributed by atoms with E-state index < -0.39 is 0 Å². The summed E-state index contributed by atoms with van der Waals surface area (Å²) in [6.07, 6.45) is 7.52. The number of hydrogen-bond donors (Lipinski definition) is 0. The molecule has 186 valence electrons. The highest BCUT2D eigenvalue weighted by molar-refractivity contribution is 9.10. The molecule has 1 aromatic carbocycles. The van der Waals surface area contributed by atoms with Gasteiger partial charge in [0, 0.05) is 27.8 Å². The Morgan fingerprint density at radius 2 is 1.83 bits per heavy atom. The molecule has 4 fully saturated rings. The van der Waals surface area contributed by atoms with E-state index in [1.165, 1.54) is 19.3 Å². The van der Waals surface area contributed by atoms with E-state index in [0.29, 0.717) is 18.5 Å². The molecule has 4 saturated carbocycles. The molecule has 4 bridgehead atoms. The lowest BCUT2D eigenvalue weighted by Crippen LogP contribution is -2.53. The van der Waals surface area contributed by atoms with Crippen LogP contribution in [0.1, 0.15) is 72.3 Å². The van der Waals surface area contributed by atoms with Crippen molar-refractivity contribution in [3.63, 3.8) is 0 Å². The number of ketones is 1. The molecule has 1 aliphatic heterocycles. The molecule has 7 rings (SSSR count). The van der Waals surface area contributed by atoms with Crippen molar-refractivity contribution < 1.29 is 23.8 Å². The third kappa shape index (κ3) is 4.30. The topological polar surface area (TPSA) is 66.8 Å². The van der Waals surface area contributed by atoms with Gasteiger partial charge in [0.05, 0.1) is 6.42 Å². The Kier molecular flexibility index (Phi) is 5.55. The molecule has 6 nitrogen and oxygen atoms in total. The van der Waals surface area contributed by atoms with Crippen LogP contribution in [0.5, 0.6) is 11.5 Å². The molecule has 5 aliphatic rings. The molecule has 2 heterocycles. The second kappa shape index (κ2) is 8.39. The van der Waals surface area contributed by atoms with E-state index in [9.17, 15) is 9.59 Å². The van der Waals surface area contributed by atoms with Gasteiger partial charge in [-0.25, -0.2) is 0 Å². The highest BCUT2D eigenvalue weighted by atomic mass is 79.9. The van der Waals surface area contributed by atoms with Gasteiger partial charge in [-0.15, -0.1) is 0 Å². The summed E-state index contributed by atoms with van der Waals surface area (Å²) in [6.45, 7) is 4.61. The number of carbonyl (C=O) groups excluding carboxylic acids is 2. The molecule has 0 saturated heterocycles. The Balaban J connectivity index is 1.09. The van der Waals surface area contributed by atoms with Gasteiger partial charge in [0.25, 0.3) is 0 Å². The minimum absolute atomic E-state index is 0.0498. The molecule has 35 heavy (non-hydrogen) atoms. The number of fused-ring (bicyclic) bond motifs is 1. The van der Waals surface area contributed by atoms with Crippen molar-refractivity contribution in [2.75, 3.05) is 13.4 Å². The SMILES string of the molecule is Cc1cc(C(=O)COC(=O)CC23C[C@@H]4C[C@@H](CC(Br)(C4)C2)C3)c(C)n1Cc1ccc2c(c1)OCO2. The molecule has 0 radical (unpaired) electrons. The van der Waals surface area contributed by atoms with Crippen molar-refractivity contribution in [2.24, 2.45) is 17.3 Å². The number of hydrogen-bond acceptors (Lipinski definition) is 5. The van der Waals surface area contributed by atoms with E-state index in [1.54, 1.807) is 0 Å². The van der Waals surface area contributed by atoms with Crippen molar-refractivity contribution in [3.05, 3.63) is 46.8 Å². The lowest BCUT2D eigenvalue weighted by atomic mass is 9.49. The average molecular weight is 542 g/mol. The summed E-state index contributed by atoms with van der Waals surface area (Å²) in [5.74, 6) is 2.57. The normalized spacial score (nSPS) is 30.0. The minimum atomic E-state index is -0.231. The number of alkyl halides is 1. The van der Waals surface area contributed by atoms with Crippen molar-refractivity contribution in [1.29, 1.82) is 0 Å². The first-order valence-electron chi connectivity index (χ1n) is 12.6. The predicted molar refractivity (Wildman–Crippen MR) is 134 cm³/mol. The Hall–Kier alpha value is -2.28. The largest absolute Gasteiger partial charge is 0.457 e. The van der Waals surface area contributed by atoms with Crippen LogP contribution >= 0.6 is 15.9 Å². The van der Waals surface area contributed by atoms with Crippen molar-refractivity contribution in [3.8, 4) is 11.5 Å². The molecule has 4 aliphatic carbocycles. The summed E-state index contributed by atoms with van der Waals surface area (Å²) in [6, 6.07) is 7.80. The molecule has 1 aromatic heterocycles. The van der Waals surface area contributed by atoms with Gasteiger partial charge in [-0.05, 0) is 93.4 Å². The summed E-state index contributed by atoms with van der Waals surface area (Å²) in [7, 11) is 0. The summed E-state index contributed by atoms with van der Waals surface area (Å²) >= 11 is 4.01. The first-order chi connectivity index (χ1) is 16.7. The van der Waals surface area contributed by atoms with E-state index in [-0.39, 0.29) is 34.9 Å². The van der Waals surface area contributed by atoms with Crippen molar-refractivity contribution in [1.82, 2.24) is 4.57 Å². The molecule has 0 N–H and O–H groups in total. The molecule has 2 aromatic rings. The molecular formula is C28H32BrNO5. The van der Waals surface area contributed by atoms with Gasteiger partial charge in [-0.2, -0.15) is 0 Å². The molecule has 2 unspecified atom stereocenters. The quantitative estimate of drug-likeness (QED) is 0.254. The second-order valence-electron chi connectivity index (χ2n) is 11.4. The minimum Gasteiger partial charge on any atom is -0.457 e. The fraction of sp³-hybridized carbons (Fsp3) is 0.571. The standard InChI is InChI=1S/C28H32BrNO5/c1-17-5-22(18(2)30(17)13-19-3-4-24-25(7-19)35-16-34-24)23(31)14-33-26(32)12-27-8-20-6-21(9-27)11-28(29,10-20)15-27/h3-5,7,20-21H,6,8-16H2,1-2H3/t20-,21+,27?,28?. The summed E-state index contributed by atoms with van der Waals surface area (Å²) < 4.78 is 18.8. The first kappa shape index (κ1) is 23.1. The number of aromatic nitrogens is 1. The smallest absolute Gasteiger partial charge is 0.306 e. The average Bonchev–Trinajstić information content (AvgIpc) is 3.35. The number of nitrogens with zero attached hydrogens (tertiary/aromatic N) is 1. The Bertz CT molecular complexity index is 1190. The molecular weight excluding hydrogens is 510 g/mol. The fourth-order valence-electron chi connectivity index (χ4n) is 7.67. The number of rotatable bonds is 7. The number of ether oxygens (including phenoxy) is 3. The van der Waals surface area contributed by atoms with Crippen LogP contribution in [0.25, 0.3) is 0 Å². The number of Topliss-reactive ketones (excluding diaryl/α,β-unsaturated/α-hetero) is 1. The molecule has 7 heteroatoms. The number of aryl methyl sites for hydroxylation is 1. The van der Waals surface area contributed by atoms with Crippen molar-refractivity contribution >= 4 is 27.7 Å². The Morgan fingerprint density at radius 3 is 2.57 bits per heavy atom. The second-order valence-corrected chi connectivity index (χ2v) is 13.1. The van der Waals surface area contributed by atoms with E-state index in [2.05, 4.69) is 20.5 Å². The van der Waals surface area contributed by atoms with Crippen LogP contribution < -0.4 is 9.47 Å². The van der Waals surface area contributed by atoms with Crippen LogP contribution in [-0.2, 0) is 16.1 Å². The molecule has 4 atom stereocenters. The zero-order chi connectivity index (χ0) is 24.4. The maximum atomic E-state index is 13.0. The highest BCUT2D eigenvalue weighted by Crippen LogP contribution is 2.65.